The van der Waals surface area contributed by atoms with Crippen molar-refractivity contribution in [3.8, 4) is 11.5 Å². The van der Waals surface area contributed by atoms with Crippen molar-refractivity contribution in [2.75, 3.05) is 0 Å². The zero-order valence-electron chi connectivity index (χ0n) is 5.70. The number of hydrogen-bond donors (Lipinski definition) is 1. The molecule has 0 aromatic heterocycles. The third-order valence-electron chi connectivity index (χ3n) is 1.65. The van der Waals surface area contributed by atoms with E-state index in [1.165, 1.54) is 0 Å². The molecule has 11 heavy (non-hydrogen) atoms. The molecule has 1 heterocycles. The maximum atomic E-state index is 10.7. The molecule has 0 aliphatic carbocycles. The fourth-order valence-electron chi connectivity index (χ4n) is 1.13. The summed E-state index contributed by atoms with van der Waals surface area (Å²) < 4.78 is 4.79. The average Bonchev–Trinajstić information content (AvgIpc) is 2.31. The average molecular weight is 150 g/mol. The Bertz CT molecular complexity index is 317. The van der Waals surface area contributed by atoms with Gasteiger partial charge in [-0.15, -0.1) is 0 Å². The van der Waals surface area contributed by atoms with Crippen molar-refractivity contribution < 1.29 is 14.6 Å². The lowest BCUT2D eigenvalue weighted by molar-refractivity contribution is -0.131. The van der Waals surface area contributed by atoms with Crippen molar-refractivity contribution in [3.05, 3.63) is 23.8 Å². The Morgan fingerprint density at radius 1 is 1.45 bits per heavy atom. The SMILES string of the molecule is O=C1Cc2c(O)cccc2O1. The number of fused-ring (bicyclic) bond motifs is 1. The third-order valence-corrected chi connectivity index (χ3v) is 1.65. The largest absolute Gasteiger partial charge is 0.508 e. The molecular weight excluding hydrogens is 144 g/mol. The van der Waals surface area contributed by atoms with Crippen LogP contribution in [0.5, 0.6) is 11.5 Å². The normalized spacial score (nSPS) is 14.4. The summed E-state index contributed by atoms with van der Waals surface area (Å²) in [5.41, 5.74) is 0.595. The van der Waals surface area contributed by atoms with Gasteiger partial charge in [-0.2, -0.15) is 0 Å². The van der Waals surface area contributed by atoms with Crippen LogP contribution in [0.2, 0.25) is 0 Å². The van der Waals surface area contributed by atoms with Gasteiger partial charge in [0.2, 0.25) is 0 Å². The number of rotatable bonds is 0. The molecule has 1 N–H and O–H groups in total. The van der Waals surface area contributed by atoms with Crippen molar-refractivity contribution in [2.45, 2.75) is 6.42 Å². The van der Waals surface area contributed by atoms with Gasteiger partial charge in [0, 0.05) is 5.56 Å². The number of aromatic hydroxyl groups is 1. The predicted molar refractivity (Wildman–Crippen MR) is 37.4 cm³/mol. The summed E-state index contributed by atoms with van der Waals surface area (Å²) in [6.45, 7) is 0. The topological polar surface area (TPSA) is 46.5 Å². The monoisotopic (exact) mass is 150 g/mol. The van der Waals surface area contributed by atoms with E-state index in [4.69, 9.17) is 4.74 Å². The van der Waals surface area contributed by atoms with Crippen LogP contribution in [0.1, 0.15) is 5.56 Å². The molecule has 3 heteroatoms. The standard InChI is InChI=1S/C8H6O3/c9-6-2-1-3-7-5(6)4-8(10)11-7/h1-3,9H,4H2. The molecule has 3 nitrogen and oxygen atoms in total. The summed E-state index contributed by atoms with van der Waals surface area (Å²) in [7, 11) is 0. The first-order chi connectivity index (χ1) is 5.27. The van der Waals surface area contributed by atoms with Gasteiger partial charge in [0.05, 0.1) is 6.42 Å². The van der Waals surface area contributed by atoms with E-state index in [-0.39, 0.29) is 18.1 Å². The van der Waals surface area contributed by atoms with E-state index in [1.54, 1.807) is 18.2 Å². The van der Waals surface area contributed by atoms with Crippen LogP contribution in [0.15, 0.2) is 18.2 Å². The number of phenolic OH excluding ortho intramolecular Hbond substituents is 1. The Kier molecular flexibility index (Phi) is 1.12. The Morgan fingerprint density at radius 2 is 2.27 bits per heavy atom. The molecule has 0 saturated heterocycles. The second-order valence-corrected chi connectivity index (χ2v) is 2.40. The van der Waals surface area contributed by atoms with Crippen LogP contribution in [0.3, 0.4) is 0 Å². The van der Waals surface area contributed by atoms with E-state index in [9.17, 15) is 9.90 Å². The third kappa shape index (κ3) is 0.852. The van der Waals surface area contributed by atoms with Crippen molar-refractivity contribution in [2.24, 2.45) is 0 Å². The lowest BCUT2D eigenvalue weighted by atomic mass is 10.1. The van der Waals surface area contributed by atoms with Crippen molar-refractivity contribution >= 4 is 5.97 Å². The molecule has 56 valence electrons. The minimum atomic E-state index is -0.304. The van der Waals surface area contributed by atoms with Gasteiger partial charge in [0.1, 0.15) is 11.5 Å². The number of carbonyl (C=O) groups is 1. The second kappa shape index (κ2) is 1.99. The molecule has 1 aliphatic rings. The fourth-order valence-corrected chi connectivity index (χ4v) is 1.13. The molecule has 0 radical (unpaired) electrons. The summed E-state index contributed by atoms with van der Waals surface area (Å²) in [4.78, 5) is 10.7. The van der Waals surface area contributed by atoms with Crippen LogP contribution >= 0.6 is 0 Å². The number of benzene rings is 1. The van der Waals surface area contributed by atoms with E-state index in [2.05, 4.69) is 0 Å². The maximum absolute atomic E-state index is 10.7. The number of carbonyl (C=O) groups excluding carboxylic acids is 1. The van der Waals surface area contributed by atoms with Gasteiger partial charge in [-0.05, 0) is 12.1 Å². The molecular formula is C8H6O3. The first-order valence-corrected chi connectivity index (χ1v) is 3.29. The highest BCUT2D eigenvalue weighted by molar-refractivity contribution is 5.82. The molecule has 0 unspecified atom stereocenters. The maximum Gasteiger partial charge on any atom is 0.315 e. The van der Waals surface area contributed by atoms with Crippen molar-refractivity contribution in [1.29, 1.82) is 0 Å². The zero-order chi connectivity index (χ0) is 7.84. The van der Waals surface area contributed by atoms with E-state index < -0.39 is 0 Å². The summed E-state index contributed by atoms with van der Waals surface area (Å²) in [5, 5.41) is 9.22. The van der Waals surface area contributed by atoms with Crippen LogP contribution < -0.4 is 4.74 Å². The molecule has 0 saturated carbocycles. The molecule has 2 rings (SSSR count). The van der Waals surface area contributed by atoms with Crippen LogP contribution in [-0.2, 0) is 11.2 Å². The fraction of sp³-hybridized carbons (Fsp3) is 0.125. The quantitative estimate of drug-likeness (QED) is 0.440. The van der Waals surface area contributed by atoms with Crippen LogP contribution in [0, 0.1) is 0 Å². The minimum absolute atomic E-state index is 0.133. The summed E-state index contributed by atoms with van der Waals surface area (Å²) in [6, 6.07) is 4.85. The lowest BCUT2D eigenvalue weighted by Crippen LogP contribution is -2.00. The van der Waals surface area contributed by atoms with Crippen LogP contribution in [-0.4, -0.2) is 11.1 Å². The minimum Gasteiger partial charge on any atom is -0.508 e. The number of ether oxygens (including phenoxy) is 1. The highest BCUT2D eigenvalue weighted by Crippen LogP contribution is 2.32. The van der Waals surface area contributed by atoms with Gasteiger partial charge in [0.25, 0.3) is 0 Å². The molecule has 0 spiro atoms. The highest BCUT2D eigenvalue weighted by Gasteiger charge is 2.22. The first-order valence-electron chi connectivity index (χ1n) is 3.29. The molecule has 1 aromatic carbocycles. The van der Waals surface area contributed by atoms with Crippen LogP contribution in [0.25, 0.3) is 0 Å². The van der Waals surface area contributed by atoms with E-state index in [0.29, 0.717) is 11.3 Å². The van der Waals surface area contributed by atoms with E-state index in [0.717, 1.165) is 0 Å². The second-order valence-electron chi connectivity index (χ2n) is 2.40. The number of hydrogen-bond acceptors (Lipinski definition) is 3. The molecule has 1 aliphatic heterocycles. The zero-order valence-corrected chi connectivity index (χ0v) is 5.70. The summed E-state index contributed by atoms with van der Waals surface area (Å²) in [5.74, 6) is 0.310. The lowest BCUT2D eigenvalue weighted by Gasteiger charge is -1.96. The smallest absolute Gasteiger partial charge is 0.315 e. The van der Waals surface area contributed by atoms with Gasteiger partial charge < -0.3 is 9.84 Å². The number of phenols is 1. The Labute approximate surface area is 63.2 Å². The van der Waals surface area contributed by atoms with Gasteiger partial charge in [-0.1, -0.05) is 6.07 Å². The first kappa shape index (κ1) is 6.22. The Balaban J connectivity index is 2.57. The van der Waals surface area contributed by atoms with E-state index in [1.807, 2.05) is 0 Å². The van der Waals surface area contributed by atoms with Crippen molar-refractivity contribution in [1.82, 2.24) is 0 Å². The molecule has 1 aromatic rings. The van der Waals surface area contributed by atoms with Gasteiger partial charge in [-0.25, -0.2) is 0 Å². The molecule has 0 amide bonds. The Hall–Kier alpha value is -1.51. The predicted octanol–water partition coefficient (Wildman–Crippen LogP) is 0.854. The molecule has 0 bridgehead atoms. The highest BCUT2D eigenvalue weighted by atomic mass is 16.5. The van der Waals surface area contributed by atoms with Crippen LogP contribution in [0.4, 0.5) is 0 Å². The summed E-state index contributed by atoms with van der Waals surface area (Å²) >= 11 is 0. The van der Waals surface area contributed by atoms with Crippen molar-refractivity contribution in [3.63, 3.8) is 0 Å². The van der Waals surface area contributed by atoms with E-state index >= 15 is 0 Å². The Morgan fingerprint density at radius 3 is 3.00 bits per heavy atom. The van der Waals surface area contributed by atoms with Gasteiger partial charge in [0.15, 0.2) is 0 Å². The number of esters is 1. The molecule has 0 atom stereocenters. The molecule has 0 fully saturated rings. The van der Waals surface area contributed by atoms with Gasteiger partial charge in [-0.3, -0.25) is 4.79 Å². The summed E-state index contributed by atoms with van der Waals surface area (Å²) in [6.07, 6.45) is 0.183. The van der Waals surface area contributed by atoms with Gasteiger partial charge >= 0.3 is 5.97 Å².